The van der Waals surface area contributed by atoms with E-state index in [1.165, 1.54) is 42.4 Å². The highest BCUT2D eigenvalue weighted by Gasteiger charge is 2.18. The van der Waals surface area contributed by atoms with Crippen LogP contribution in [0.25, 0.3) is 110 Å². The number of benzene rings is 8. The minimum absolute atomic E-state index is 0.591. The summed E-state index contributed by atoms with van der Waals surface area (Å²) in [6, 6.07) is 65.8. The molecule has 4 nitrogen and oxygen atoms in total. The lowest BCUT2D eigenvalue weighted by Crippen LogP contribution is -2.00. The lowest BCUT2D eigenvalue weighted by molar-refractivity contribution is 0.669. The summed E-state index contributed by atoms with van der Waals surface area (Å²) in [5, 5.41) is 4.68. The molecule has 0 saturated heterocycles. The van der Waals surface area contributed by atoms with Gasteiger partial charge in [0, 0.05) is 47.6 Å². The summed E-state index contributed by atoms with van der Waals surface area (Å²) >= 11 is 1.85. The molecule has 5 heteroatoms. The number of fused-ring (bicyclic) bond motifs is 6. The smallest absolute Gasteiger partial charge is 0.164 e. The van der Waals surface area contributed by atoms with Crippen molar-refractivity contribution in [1.82, 2.24) is 15.0 Å². The molecule has 0 aliphatic rings. The van der Waals surface area contributed by atoms with Crippen LogP contribution in [0.1, 0.15) is 0 Å². The van der Waals surface area contributed by atoms with Gasteiger partial charge in [-0.25, -0.2) is 15.0 Å². The predicted molar refractivity (Wildman–Crippen MR) is 233 cm³/mol. The third-order valence-electron chi connectivity index (χ3n) is 10.5. The topological polar surface area (TPSA) is 51.8 Å². The molecule has 0 amide bonds. The van der Waals surface area contributed by atoms with E-state index in [1.54, 1.807) is 0 Å². The molecule has 0 aliphatic heterocycles. The van der Waals surface area contributed by atoms with Crippen molar-refractivity contribution in [3.63, 3.8) is 0 Å². The van der Waals surface area contributed by atoms with Crippen LogP contribution in [-0.2, 0) is 0 Å². The molecule has 0 atom stereocenters. The van der Waals surface area contributed by atoms with Crippen LogP contribution in [0, 0.1) is 0 Å². The van der Waals surface area contributed by atoms with E-state index in [4.69, 9.17) is 19.4 Å². The molecule has 0 unspecified atom stereocenters. The van der Waals surface area contributed by atoms with Gasteiger partial charge in [0.2, 0.25) is 0 Å². The van der Waals surface area contributed by atoms with E-state index in [0.717, 1.165) is 49.8 Å². The highest BCUT2D eigenvalue weighted by atomic mass is 32.1. The zero-order chi connectivity index (χ0) is 37.0. The van der Waals surface area contributed by atoms with Crippen molar-refractivity contribution in [2.75, 3.05) is 0 Å². The SMILES string of the molecule is c1ccc(-c2ccc(-c3nc(-c4ccccc4)nc(-c4ccc5c(c4)oc4ccc(-c6cc(-c7ccccc7)cc7sc8ccccc8c67)cc45)n3)cc2)cc1. The van der Waals surface area contributed by atoms with E-state index in [2.05, 4.69) is 152 Å². The number of furan rings is 1. The van der Waals surface area contributed by atoms with Gasteiger partial charge in [0.15, 0.2) is 17.5 Å². The van der Waals surface area contributed by atoms with Gasteiger partial charge in [0.25, 0.3) is 0 Å². The van der Waals surface area contributed by atoms with Gasteiger partial charge < -0.3 is 4.42 Å². The van der Waals surface area contributed by atoms with Gasteiger partial charge in [-0.05, 0) is 75.8 Å². The van der Waals surface area contributed by atoms with Gasteiger partial charge in [0.1, 0.15) is 11.2 Å². The van der Waals surface area contributed by atoms with Crippen LogP contribution >= 0.6 is 11.3 Å². The van der Waals surface area contributed by atoms with Crippen LogP contribution in [0.15, 0.2) is 192 Å². The van der Waals surface area contributed by atoms with Crippen molar-refractivity contribution < 1.29 is 4.42 Å². The summed E-state index contributed by atoms with van der Waals surface area (Å²) < 4.78 is 9.13. The molecule has 0 saturated carbocycles. The van der Waals surface area contributed by atoms with E-state index in [0.29, 0.717) is 17.5 Å². The second-order valence-corrected chi connectivity index (χ2v) is 15.1. The monoisotopic (exact) mass is 733 g/mol. The van der Waals surface area contributed by atoms with Gasteiger partial charge in [-0.3, -0.25) is 0 Å². The summed E-state index contributed by atoms with van der Waals surface area (Å²) in [5.74, 6) is 1.83. The van der Waals surface area contributed by atoms with Crippen molar-refractivity contribution in [1.29, 1.82) is 0 Å². The van der Waals surface area contributed by atoms with E-state index >= 15 is 0 Å². The van der Waals surface area contributed by atoms with E-state index < -0.39 is 0 Å². The average Bonchev–Trinajstić information content (AvgIpc) is 3.84. The van der Waals surface area contributed by atoms with Crippen LogP contribution in [0.5, 0.6) is 0 Å². The lowest BCUT2D eigenvalue weighted by Gasteiger charge is -2.10. The molecule has 11 aromatic rings. The maximum absolute atomic E-state index is 6.56. The summed E-state index contributed by atoms with van der Waals surface area (Å²) in [7, 11) is 0. The highest BCUT2D eigenvalue weighted by Crippen LogP contribution is 2.44. The molecule has 8 aromatic carbocycles. The van der Waals surface area contributed by atoms with Gasteiger partial charge in [0.05, 0.1) is 0 Å². The van der Waals surface area contributed by atoms with Gasteiger partial charge in [-0.2, -0.15) is 0 Å². The number of nitrogens with zero attached hydrogens (tertiary/aromatic N) is 3. The Morgan fingerprint density at radius 2 is 0.857 bits per heavy atom. The van der Waals surface area contributed by atoms with Crippen LogP contribution < -0.4 is 0 Å². The Morgan fingerprint density at radius 3 is 1.57 bits per heavy atom. The fourth-order valence-electron chi connectivity index (χ4n) is 7.76. The molecule has 0 aliphatic carbocycles. The first-order valence-corrected chi connectivity index (χ1v) is 19.5. The van der Waals surface area contributed by atoms with Crippen LogP contribution in [0.2, 0.25) is 0 Å². The second-order valence-electron chi connectivity index (χ2n) is 14.0. The van der Waals surface area contributed by atoms with Crippen molar-refractivity contribution in [2.45, 2.75) is 0 Å². The molecule has 262 valence electrons. The third kappa shape index (κ3) is 5.65. The summed E-state index contributed by atoms with van der Waals surface area (Å²) in [5.41, 5.74) is 11.4. The van der Waals surface area contributed by atoms with Crippen LogP contribution in [0.4, 0.5) is 0 Å². The fraction of sp³-hybridized carbons (Fsp3) is 0. The number of hydrogen-bond donors (Lipinski definition) is 0. The maximum Gasteiger partial charge on any atom is 0.164 e. The van der Waals surface area contributed by atoms with Gasteiger partial charge in [-0.1, -0.05) is 146 Å². The minimum Gasteiger partial charge on any atom is -0.456 e. The Hall–Kier alpha value is -7.21. The number of aromatic nitrogens is 3. The molecule has 3 aromatic heterocycles. The zero-order valence-corrected chi connectivity index (χ0v) is 30.9. The molecule has 56 heavy (non-hydrogen) atoms. The van der Waals surface area contributed by atoms with Crippen molar-refractivity contribution in [3.05, 3.63) is 188 Å². The molecule has 0 N–H and O–H groups in total. The second kappa shape index (κ2) is 13.3. The van der Waals surface area contributed by atoms with Crippen LogP contribution in [0.3, 0.4) is 0 Å². The summed E-state index contributed by atoms with van der Waals surface area (Å²) in [6.45, 7) is 0. The molecule has 0 bridgehead atoms. The van der Waals surface area contributed by atoms with Crippen LogP contribution in [-0.4, -0.2) is 15.0 Å². The molecule has 0 spiro atoms. The van der Waals surface area contributed by atoms with Crippen molar-refractivity contribution >= 4 is 53.4 Å². The third-order valence-corrected chi connectivity index (χ3v) is 11.7. The zero-order valence-electron chi connectivity index (χ0n) is 30.1. The molecular weight excluding hydrogens is 703 g/mol. The van der Waals surface area contributed by atoms with E-state index in [-0.39, 0.29) is 0 Å². The van der Waals surface area contributed by atoms with Crippen molar-refractivity contribution in [3.8, 4) is 67.5 Å². The van der Waals surface area contributed by atoms with E-state index in [1.807, 2.05) is 47.7 Å². The first-order chi connectivity index (χ1) is 27.7. The summed E-state index contributed by atoms with van der Waals surface area (Å²) in [4.78, 5) is 15.0. The molecular formula is C51H31N3OS. The Labute approximate surface area is 327 Å². The Morgan fingerprint density at radius 1 is 0.321 bits per heavy atom. The number of rotatable bonds is 6. The lowest BCUT2D eigenvalue weighted by atomic mass is 9.94. The highest BCUT2D eigenvalue weighted by molar-refractivity contribution is 7.26. The Kier molecular flexibility index (Phi) is 7.64. The molecule has 11 rings (SSSR count). The standard InChI is InChI=1S/C51H31N3OS/c1-4-12-32(13-5-1)34-20-22-36(23-21-34)50-52-49(35-16-8-3-9-17-35)53-51(54-50)38-24-26-40-43-28-37(25-27-44(43)55-45(40)30-38)42-29-39(33-14-6-2-7-15-33)31-47-48(42)41-18-10-11-19-46(41)56-47/h1-31H. The first kappa shape index (κ1) is 32.2. The van der Waals surface area contributed by atoms with Gasteiger partial charge in [-0.15, -0.1) is 11.3 Å². The fourth-order valence-corrected chi connectivity index (χ4v) is 8.93. The van der Waals surface area contributed by atoms with Crippen molar-refractivity contribution in [2.24, 2.45) is 0 Å². The Bertz CT molecular complexity index is 3230. The average molecular weight is 734 g/mol. The largest absolute Gasteiger partial charge is 0.456 e. The number of hydrogen-bond acceptors (Lipinski definition) is 5. The summed E-state index contributed by atoms with van der Waals surface area (Å²) in [6.07, 6.45) is 0. The molecule has 0 radical (unpaired) electrons. The van der Waals surface area contributed by atoms with E-state index in [9.17, 15) is 0 Å². The quantitative estimate of drug-likeness (QED) is 0.171. The predicted octanol–water partition coefficient (Wildman–Crippen LogP) is 14.1. The number of thiophene rings is 1. The molecule has 3 heterocycles. The first-order valence-electron chi connectivity index (χ1n) is 18.7. The maximum atomic E-state index is 6.56. The minimum atomic E-state index is 0.591. The molecule has 0 fully saturated rings. The van der Waals surface area contributed by atoms with Gasteiger partial charge >= 0.3 is 0 Å². The Balaban J connectivity index is 1.03. The normalized spacial score (nSPS) is 11.6.